The third-order valence-corrected chi connectivity index (χ3v) is 6.78. The molecular weight excluding hydrogens is 316 g/mol. The molecule has 23 heavy (non-hydrogen) atoms. The summed E-state index contributed by atoms with van der Waals surface area (Å²) in [5.41, 5.74) is 0. The fraction of sp³-hybridized carbons (Fsp3) is 0.733. The molecule has 0 bridgehead atoms. The second-order valence-electron chi connectivity index (χ2n) is 6.57. The van der Waals surface area contributed by atoms with E-state index in [9.17, 15) is 13.2 Å². The van der Waals surface area contributed by atoms with Crippen molar-refractivity contribution in [3.63, 3.8) is 0 Å². The first-order valence-electron chi connectivity index (χ1n) is 8.15. The number of imidazole rings is 1. The predicted molar refractivity (Wildman–Crippen MR) is 85.1 cm³/mol. The van der Waals surface area contributed by atoms with Crippen LogP contribution in [-0.2, 0) is 21.9 Å². The Hall–Kier alpha value is -1.41. The van der Waals surface area contributed by atoms with Crippen molar-refractivity contribution in [2.45, 2.75) is 43.7 Å². The Morgan fingerprint density at radius 2 is 2.04 bits per heavy atom. The topological polar surface area (TPSA) is 75.5 Å². The minimum atomic E-state index is -3.57. The number of hydrogen-bond acceptors (Lipinski definition) is 4. The first kappa shape index (κ1) is 16.4. The quantitative estimate of drug-likeness (QED) is 0.799. The van der Waals surface area contributed by atoms with Gasteiger partial charge in [-0.15, -0.1) is 0 Å². The van der Waals surface area contributed by atoms with Crippen LogP contribution in [0.5, 0.6) is 0 Å². The van der Waals surface area contributed by atoms with Crippen molar-refractivity contribution >= 4 is 15.9 Å². The van der Waals surface area contributed by atoms with Crippen molar-refractivity contribution in [2.24, 2.45) is 13.0 Å². The maximum absolute atomic E-state index is 13.0. The van der Waals surface area contributed by atoms with E-state index in [1.807, 2.05) is 4.90 Å². The molecule has 7 nitrogen and oxygen atoms in total. The Kier molecular flexibility index (Phi) is 4.46. The molecule has 2 atom stereocenters. The molecule has 1 aromatic rings. The second-order valence-corrected chi connectivity index (χ2v) is 8.41. The number of piperidine rings is 1. The number of rotatable bonds is 2. The smallest absolute Gasteiger partial charge is 0.262 e. The van der Waals surface area contributed by atoms with Gasteiger partial charge in [0.2, 0.25) is 5.91 Å². The third-order valence-electron chi connectivity index (χ3n) is 4.97. The average Bonchev–Trinajstić information content (AvgIpc) is 2.83. The van der Waals surface area contributed by atoms with E-state index in [-0.39, 0.29) is 22.9 Å². The van der Waals surface area contributed by atoms with Crippen LogP contribution in [0.1, 0.15) is 32.6 Å². The lowest BCUT2D eigenvalue weighted by Crippen LogP contribution is -2.53. The number of carbonyl (C=O) groups excluding carboxylic acids is 1. The van der Waals surface area contributed by atoms with E-state index in [2.05, 4.69) is 4.98 Å². The maximum atomic E-state index is 13.0. The summed E-state index contributed by atoms with van der Waals surface area (Å²) >= 11 is 0. The lowest BCUT2D eigenvalue weighted by molar-refractivity contribution is -0.131. The average molecular weight is 340 g/mol. The Morgan fingerprint density at radius 3 is 2.70 bits per heavy atom. The fourth-order valence-electron chi connectivity index (χ4n) is 3.75. The molecule has 2 aliphatic rings. The van der Waals surface area contributed by atoms with Gasteiger partial charge in [-0.25, -0.2) is 13.4 Å². The van der Waals surface area contributed by atoms with Crippen LogP contribution in [0, 0.1) is 5.92 Å². The minimum Gasteiger partial charge on any atom is -0.343 e. The van der Waals surface area contributed by atoms with E-state index in [4.69, 9.17) is 0 Å². The number of amides is 1. The van der Waals surface area contributed by atoms with Crippen LogP contribution in [-0.4, -0.2) is 58.8 Å². The molecule has 0 saturated carbocycles. The zero-order chi connectivity index (χ0) is 16.6. The molecule has 0 spiro atoms. The largest absolute Gasteiger partial charge is 0.343 e. The molecule has 1 aromatic heterocycles. The maximum Gasteiger partial charge on any atom is 0.262 e. The van der Waals surface area contributed by atoms with Gasteiger partial charge in [-0.05, 0) is 25.2 Å². The molecule has 0 aliphatic carbocycles. The summed E-state index contributed by atoms with van der Waals surface area (Å²) in [5.74, 6) is 0.292. The summed E-state index contributed by atoms with van der Waals surface area (Å²) in [6, 6.07) is -0.0277. The van der Waals surface area contributed by atoms with Crippen LogP contribution in [0.15, 0.2) is 17.6 Å². The molecule has 3 heterocycles. The molecule has 2 fully saturated rings. The highest BCUT2D eigenvalue weighted by atomic mass is 32.2. The molecule has 8 heteroatoms. The first-order chi connectivity index (χ1) is 10.9. The summed E-state index contributed by atoms with van der Waals surface area (Å²) in [6.45, 7) is 3.42. The number of likely N-dealkylation sites (tertiary alicyclic amines) is 1. The van der Waals surface area contributed by atoms with Gasteiger partial charge in [0.15, 0.2) is 5.03 Å². The van der Waals surface area contributed by atoms with Crippen molar-refractivity contribution in [3.8, 4) is 0 Å². The molecule has 0 N–H and O–H groups in total. The van der Waals surface area contributed by atoms with Crippen LogP contribution in [0.2, 0.25) is 0 Å². The number of aromatic nitrogens is 2. The molecule has 2 saturated heterocycles. The van der Waals surface area contributed by atoms with Gasteiger partial charge in [0.05, 0.1) is 6.33 Å². The molecule has 0 radical (unpaired) electrons. The summed E-state index contributed by atoms with van der Waals surface area (Å²) < 4.78 is 29.3. The zero-order valence-corrected chi connectivity index (χ0v) is 14.5. The lowest BCUT2D eigenvalue weighted by Gasteiger charge is -2.41. The molecule has 3 rings (SSSR count). The van der Waals surface area contributed by atoms with Crippen molar-refractivity contribution in [3.05, 3.63) is 12.5 Å². The molecular formula is C15H24N4O3S. The van der Waals surface area contributed by atoms with Crippen molar-refractivity contribution in [1.82, 2.24) is 18.8 Å². The Morgan fingerprint density at radius 1 is 1.26 bits per heavy atom. The Labute approximate surface area is 137 Å². The van der Waals surface area contributed by atoms with Gasteiger partial charge in [0.25, 0.3) is 10.0 Å². The highest BCUT2D eigenvalue weighted by Crippen LogP contribution is 2.33. The van der Waals surface area contributed by atoms with E-state index in [0.717, 1.165) is 19.3 Å². The van der Waals surface area contributed by atoms with E-state index in [1.165, 1.54) is 6.33 Å². The predicted octanol–water partition coefficient (Wildman–Crippen LogP) is 0.832. The Balaban J connectivity index is 1.88. The molecule has 0 aromatic carbocycles. The minimum absolute atomic E-state index is 0.0277. The van der Waals surface area contributed by atoms with Crippen LogP contribution in [0.3, 0.4) is 0 Å². The summed E-state index contributed by atoms with van der Waals surface area (Å²) in [4.78, 5) is 17.5. The number of aryl methyl sites for hydroxylation is 1. The summed E-state index contributed by atoms with van der Waals surface area (Å²) in [7, 11) is -1.81. The summed E-state index contributed by atoms with van der Waals surface area (Å²) in [6.07, 6.45) is 6.61. The second kappa shape index (κ2) is 6.24. The van der Waals surface area contributed by atoms with Gasteiger partial charge in [-0.3, -0.25) is 4.79 Å². The third kappa shape index (κ3) is 3.14. The monoisotopic (exact) mass is 340 g/mol. The van der Waals surface area contributed by atoms with Crippen molar-refractivity contribution < 1.29 is 13.2 Å². The number of sulfonamides is 1. The van der Waals surface area contributed by atoms with Crippen LogP contribution in [0.25, 0.3) is 0 Å². The van der Waals surface area contributed by atoms with Crippen molar-refractivity contribution in [2.75, 3.05) is 19.6 Å². The van der Waals surface area contributed by atoms with Crippen LogP contribution >= 0.6 is 0 Å². The van der Waals surface area contributed by atoms with E-state index >= 15 is 0 Å². The zero-order valence-electron chi connectivity index (χ0n) is 13.7. The van der Waals surface area contributed by atoms with E-state index in [1.54, 1.807) is 29.0 Å². The van der Waals surface area contributed by atoms with Gasteiger partial charge >= 0.3 is 0 Å². The summed E-state index contributed by atoms with van der Waals surface area (Å²) in [5, 5.41) is 0.120. The van der Waals surface area contributed by atoms with Crippen molar-refractivity contribution in [1.29, 1.82) is 0 Å². The molecule has 1 amide bonds. The van der Waals surface area contributed by atoms with Gasteiger partial charge in [-0.1, -0.05) is 6.42 Å². The number of fused-ring (bicyclic) bond motifs is 1. The highest BCUT2D eigenvalue weighted by Gasteiger charge is 2.41. The van der Waals surface area contributed by atoms with Gasteiger partial charge in [0.1, 0.15) is 0 Å². The SMILES string of the molecule is CC(=O)N1CC[C@@H]2[C@H](CCCCN2S(=O)(=O)c2cn(C)cn2)C1. The van der Waals surface area contributed by atoms with Crippen LogP contribution in [0.4, 0.5) is 0 Å². The molecule has 128 valence electrons. The van der Waals surface area contributed by atoms with E-state index < -0.39 is 10.0 Å². The van der Waals surface area contributed by atoms with Gasteiger partial charge in [-0.2, -0.15) is 4.31 Å². The standard InChI is InChI=1S/C15H24N4O3S/c1-12(20)18-8-6-14-13(9-18)5-3-4-7-19(14)23(21,22)15-10-17(2)11-16-15/h10-11,13-14H,3-9H2,1-2H3/t13-,14-/m1/s1. The van der Waals surface area contributed by atoms with Gasteiger partial charge < -0.3 is 9.47 Å². The lowest BCUT2D eigenvalue weighted by atomic mass is 9.89. The number of nitrogens with zero attached hydrogens (tertiary/aromatic N) is 4. The number of hydrogen-bond donors (Lipinski definition) is 0. The first-order valence-corrected chi connectivity index (χ1v) is 9.59. The fourth-order valence-corrected chi connectivity index (χ4v) is 5.47. The highest BCUT2D eigenvalue weighted by molar-refractivity contribution is 7.89. The number of carbonyl (C=O) groups is 1. The van der Waals surface area contributed by atoms with E-state index in [0.29, 0.717) is 26.1 Å². The van der Waals surface area contributed by atoms with Gasteiger partial charge in [0, 0.05) is 45.8 Å². The molecule has 0 unspecified atom stereocenters. The Bertz CT molecular complexity index is 685. The molecule has 2 aliphatic heterocycles. The normalized spacial score (nSPS) is 26.6. The van der Waals surface area contributed by atoms with Crippen LogP contribution < -0.4 is 0 Å².